The van der Waals surface area contributed by atoms with Gasteiger partial charge in [-0.3, -0.25) is 0 Å². The van der Waals surface area contributed by atoms with Crippen LogP contribution in [-0.2, 0) is 11.2 Å². The summed E-state index contributed by atoms with van der Waals surface area (Å²) in [6.07, 6.45) is 9.14. The van der Waals surface area contributed by atoms with Gasteiger partial charge in [-0.15, -0.1) is 0 Å². The second-order valence-electron chi connectivity index (χ2n) is 5.63. The molecule has 0 radical (unpaired) electrons. The topological polar surface area (TPSA) is 47.0 Å². The molecule has 1 aliphatic heterocycles. The highest BCUT2D eigenvalue weighted by Gasteiger charge is 2.23. The van der Waals surface area contributed by atoms with Crippen molar-refractivity contribution >= 4 is 0 Å². The highest BCUT2D eigenvalue weighted by atomic mass is 16.5. The Balaban J connectivity index is 1.87. The normalized spacial score (nSPS) is 27.6. The lowest BCUT2D eigenvalue weighted by atomic mass is 10.00. The molecule has 2 atom stereocenters. The largest absolute Gasteiger partial charge is 0.381 e. The lowest BCUT2D eigenvalue weighted by Gasteiger charge is -2.22. The van der Waals surface area contributed by atoms with E-state index in [-0.39, 0.29) is 0 Å². The van der Waals surface area contributed by atoms with Gasteiger partial charge in [0.2, 0.25) is 0 Å². The summed E-state index contributed by atoms with van der Waals surface area (Å²) < 4.78 is 5.56. The molecule has 0 spiro atoms. The first-order chi connectivity index (χ1) is 9.38. The summed E-state index contributed by atoms with van der Waals surface area (Å²) >= 11 is 0. The van der Waals surface area contributed by atoms with Crippen molar-refractivity contribution in [3.05, 3.63) is 23.3 Å². The van der Waals surface area contributed by atoms with E-state index in [1.165, 1.54) is 30.5 Å². The minimum absolute atomic E-state index is 0.398. The highest BCUT2D eigenvalue weighted by Crippen LogP contribution is 2.29. The number of aromatic nitrogens is 2. The predicted molar refractivity (Wildman–Crippen MR) is 74.2 cm³/mol. The molecule has 1 aromatic heterocycles. The van der Waals surface area contributed by atoms with Crippen LogP contribution in [-0.4, -0.2) is 30.2 Å². The summed E-state index contributed by atoms with van der Waals surface area (Å²) in [7, 11) is 2.03. The molecule has 19 heavy (non-hydrogen) atoms. The quantitative estimate of drug-likeness (QED) is 0.830. The molecule has 1 N–H and O–H groups in total. The van der Waals surface area contributed by atoms with Crippen LogP contribution < -0.4 is 5.32 Å². The Morgan fingerprint density at radius 3 is 3.00 bits per heavy atom. The molecule has 1 aromatic rings. The molecule has 0 aromatic carbocycles. The van der Waals surface area contributed by atoms with E-state index in [1.54, 1.807) is 0 Å². The van der Waals surface area contributed by atoms with Gasteiger partial charge in [0, 0.05) is 36.0 Å². The molecule has 104 valence electrons. The SMILES string of the molecule is CNC1CCCCc2nc(C3CCCOC3)ncc21. The Labute approximate surface area is 115 Å². The third-order valence-electron chi connectivity index (χ3n) is 4.32. The van der Waals surface area contributed by atoms with Crippen molar-refractivity contribution in [3.63, 3.8) is 0 Å². The molecule has 0 amide bonds. The zero-order chi connectivity index (χ0) is 13.1. The van der Waals surface area contributed by atoms with E-state index in [2.05, 4.69) is 16.5 Å². The third-order valence-corrected chi connectivity index (χ3v) is 4.32. The number of aryl methyl sites for hydroxylation is 1. The summed E-state index contributed by atoms with van der Waals surface area (Å²) in [4.78, 5) is 9.49. The van der Waals surface area contributed by atoms with E-state index in [4.69, 9.17) is 9.72 Å². The van der Waals surface area contributed by atoms with Gasteiger partial charge in [0.25, 0.3) is 0 Å². The van der Waals surface area contributed by atoms with E-state index < -0.39 is 0 Å². The van der Waals surface area contributed by atoms with Gasteiger partial charge in [0.1, 0.15) is 5.82 Å². The number of nitrogens with zero attached hydrogens (tertiary/aromatic N) is 2. The molecule has 0 saturated carbocycles. The number of fused-ring (bicyclic) bond motifs is 1. The van der Waals surface area contributed by atoms with Gasteiger partial charge >= 0.3 is 0 Å². The van der Waals surface area contributed by atoms with Gasteiger partial charge in [-0.25, -0.2) is 9.97 Å². The maximum Gasteiger partial charge on any atom is 0.133 e. The number of ether oxygens (including phenoxy) is 1. The maximum absolute atomic E-state index is 5.56. The van der Waals surface area contributed by atoms with Crippen molar-refractivity contribution in [2.75, 3.05) is 20.3 Å². The van der Waals surface area contributed by atoms with Crippen molar-refractivity contribution in [2.45, 2.75) is 50.5 Å². The van der Waals surface area contributed by atoms with Crippen LogP contribution in [0.4, 0.5) is 0 Å². The van der Waals surface area contributed by atoms with Crippen molar-refractivity contribution in [1.29, 1.82) is 0 Å². The van der Waals surface area contributed by atoms with E-state index in [0.717, 1.165) is 38.3 Å². The minimum Gasteiger partial charge on any atom is -0.381 e. The Kier molecular flexibility index (Phi) is 4.09. The van der Waals surface area contributed by atoms with Gasteiger partial charge in [0.15, 0.2) is 0 Å². The average Bonchev–Trinajstić information content (AvgIpc) is 2.69. The Morgan fingerprint density at radius 1 is 1.26 bits per heavy atom. The van der Waals surface area contributed by atoms with Crippen LogP contribution in [0.15, 0.2) is 6.20 Å². The molecule has 1 saturated heterocycles. The monoisotopic (exact) mass is 261 g/mol. The molecule has 0 bridgehead atoms. The molecule has 1 aliphatic carbocycles. The van der Waals surface area contributed by atoms with Crippen LogP contribution in [0.5, 0.6) is 0 Å². The number of rotatable bonds is 2. The van der Waals surface area contributed by atoms with Crippen LogP contribution in [0, 0.1) is 0 Å². The van der Waals surface area contributed by atoms with Crippen molar-refractivity contribution in [2.24, 2.45) is 0 Å². The standard InChI is InChI=1S/C15H23N3O/c1-16-13-6-2-3-7-14-12(13)9-17-15(18-14)11-5-4-8-19-10-11/h9,11,13,16H,2-8,10H2,1H3. The van der Waals surface area contributed by atoms with Gasteiger partial charge < -0.3 is 10.1 Å². The molecule has 4 heteroatoms. The fraction of sp³-hybridized carbons (Fsp3) is 0.733. The van der Waals surface area contributed by atoms with Gasteiger partial charge in [0.05, 0.1) is 6.61 Å². The second kappa shape index (κ2) is 5.97. The fourth-order valence-corrected chi connectivity index (χ4v) is 3.17. The first kappa shape index (κ1) is 13.0. The third kappa shape index (κ3) is 2.79. The van der Waals surface area contributed by atoms with Gasteiger partial charge in [-0.05, 0) is 39.2 Å². The molecular formula is C15H23N3O. The Bertz CT molecular complexity index is 429. The van der Waals surface area contributed by atoms with Gasteiger partial charge in [-0.1, -0.05) is 6.42 Å². The van der Waals surface area contributed by atoms with Crippen LogP contribution >= 0.6 is 0 Å². The number of nitrogens with one attached hydrogen (secondary N) is 1. The molecule has 1 fully saturated rings. The van der Waals surface area contributed by atoms with Gasteiger partial charge in [-0.2, -0.15) is 0 Å². The van der Waals surface area contributed by atoms with Crippen molar-refractivity contribution < 1.29 is 4.74 Å². The van der Waals surface area contributed by atoms with Crippen LogP contribution in [0.25, 0.3) is 0 Å². The minimum atomic E-state index is 0.398. The van der Waals surface area contributed by atoms with Crippen molar-refractivity contribution in [1.82, 2.24) is 15.3 Å². The first-order valence-corrected chi connectivity index (χ1v) is 7.49. The molecule has 3 rings (SSSR count). The molecule has 2 aliphatic rings. The van der Waals surface area contributed by atoms with Crippen molar-refractivity contribution in [3.8, 4) is 0 Å². The van der Waals surface area contributed by atoms with E-state index >= 15 is 0 Å². The zero-order valence-corrected chi connectivity index (χ0v) is 11.7. The fourth-order valence-electron chi connectivity index (χ4n) is 3.17. The van der Waals surface area contributed by atoms with E-state index in [0.29, 0.717) is 12.0 Å². The lowest BCUT2D eigenvalue weighted by molar-refractivity contribution is 0.0779. The molecule has 2 heterocycles. The highest BCUT2D eigenvalue weighted by molar-refractivity contribution is 5.24. The Morgan fingerprint density at radius 2 is 2.21 bits per heavy atom. The first-order valence-electron chi connectivity index (χ1n) is 7.49. The molecule has 2 unspecified atom stereocenters. The van der Waals surface area contributed by atoms with Crippen LogP contribution in [0.3, 0.4) is 0 Å². The number of hydrogen-bond acceptors (Lipinski definition) is 4. The van der Waals surface area contributed by atoms with Crippen LogP contribution in [0.1, 0.15) is 61.1 Å². The summed E-state index contributed by atoms with van der Waals surface area (Å²) in [6, 6.07) is 0.425. The predicted octanol–water partition coefficient (Wildman–Crippen LogP) is 2.36. The second-order valence-corrected chi connectivity index (χ2v) is 5.63. The van der Waals surface area contributed by atoms with E-state index in [1.807, 2.05) is 7.05 Å². The smallest absolute Gasteiger partial charge is 0.133 e. The van der Waals surface area contributed by atoms with Crippen LogP contribution in [0.2, 0.25) is 0 Å². The molecular weight excluding hydrogens is 238 g/mol. The average molecular weight is 261 g/mol. The molecule has 4 nitrogen and oxygen atoms in total. The maximum atomic E-state index is 5.56. The summed E-state index contributed by atoms with van der Waals surface area (Å²) in [5.41, 5.74) is 2.56. The lowest BCUT2D eigenvalue weighted by Crippen LogP contribution is -2.21. The summed E-state index contributed by atoms with van der Waals surface area (Å²) in [5, 5.41) is 3.39. The zero-order valence-electron chi connectivity index (χ0n) is 11.7. The summed E-state index contributed by atoms with van der Waals surface area (Å²) in [5.74, 6) is 1.39. The van der Waals surface area contributed by atoms with E-state index in [9.17, 15) is 0 Å². The Hall–Kier alpha value is -1.00. The summed E-state index contributed by atoms with van der Waals surface area (Å²) in [6.45, 7) is 1.68. The number of hydrogen-bond donors (Lipinski definition) is 1.